The molecule has 128 valence electrons. The van der Waals surface area contributed by atoms with Gasteiger partial charge in [0.05, 0.1) is 16.9 Å². The SMILES string of the molecule is Cc1cccc(CNC(=O)c2c(C)nn(-c3ccc(F)cc3)c2Cl)c1. The van der Waals surface area contributed by atoms with E-state index in [1.165, 1.54) is 16.8 Å². The summed E-state index contributed by atoms with van der Waals surface area (Å²) >= 11 is 6.35. The van der Waals surface area contributed by atoms with Crippen LogP contribution >= 0.6 is 11.6 Å². The Bertz CT molecular complexity index is 919. The van der Waals surface area contributed by atoms with E-state index >= 15 is 0 Å². The van der Waals surface area contributed by atoms with Crippen molar-refractivity contribution in [1.29, 1.82) is 0 Å². The van der Waals surface area contributed by atoms with Crippen molar-refractivity contribution in [2.24, 2.45) is 0 Å². The van der Waals surface area contributed by atoms with E-state index in [4.69, 9.17) is 11.6 Å². The third kappa shape index (κ3) is 3.72. The minimum atomic E-state index is -0.347. The maximum atomic E-state index is 13.1. The van der Waals surface area contributed by atoms with Crippen LogP contribution in [0.25, 0.3) is 5.69 Å². The highest BCUT2D eigenvalue weighted by Crippen LogP contribution is 2.23. The summed E-state index contributed by atoms with van der Waals surface area (Å²) in [5.41, 5.74) is 3.56. The first-order chi connectivity index (χ1) is 12.0. The third-order valence-corrected chi connectivity index (χ3v) is 4.19. The molecular formula is C19H17ClFN3O. The van der Waals surface area contributed by atoms with Crippen molar-refractivity contribution in [1.82, 2.24) is 15.1 Å². The Labute approximate surface area is 150 Å². The molecular weight excluding hydrogens is 341 g/mol. The molecule has 0 saturated heterocycles. The Balaban J connectivity index is 1.82. The molecule has 2 aromatic carbocycles. The van der Waals surface area contributed by atoms with Crippen LogP contribution in [0, 0.1) is 19.7 Å². The summed E-state index contributed by atoms with van der Waals surface area (Å²) in [4.78, 5) is 12.5. The molecule has 0 fully saturated rings. The number of nitrogens with zero attached hydrogens (tertiary/aromatic N) is 2. The van der Waals surface area contributed by atoms with E-state index in [0.717, 1.165) is 11.1 Å². The molecule has 0 saturated carbocycles. The second-order valence-corrected chi connectivity index (χ2v) is 6.17. The summed E-state index contributed by atoms with van der Waals surface area (Å²) in [5, 5.41) is 7.36. The number of nitrogens with one attached hydrogen (secondary N) is 1. The quantitative estimate of drug-likeness (QED) is 0.760. The number of rotatable bonds is 4. The molecule has 0 aliphatic heterocycles. The van der Waals surface area contributed by atoms with E-state index in [1.54, 1.807) is 19.1 Å². The lowest BCUT2D eigenvalue weighted by atomic mass is 10.1. The summed E-state index contributed by atoms with van der Waals surface area (Å²) in [5.74, 6) is -0.641. The number of hydrogen-bond donors (Lipinski definition) is 1. The molecule has 1 aromatic heterocycles. The molecule has 4 nitrogen and oxygen atoms in total. The summed E-state index contributed by atoms with van der Waals surface area (Å²) < 4.78 is 14.5. The van der Waals surface area contributed by atoms with Gasteiger partial charge in [-0.15, -0.1) is 0 Å². The second kappa shape index (κ2) is 7.07. The van der Waals surface area contributed by atoms with Gasteiger partial charge in [-0.1, -0.05) is 41.4 Å². The highest BCUT2D eigenvalue weighted by atomic mass is 35.5. The Morgan fingerprint density at radius 2 is 1.92 bits per heavy atom. The Hall–Kier alpha value is -2.66. The molecule has 3 rings (SSSR count). The van der Waals surface area contributed by atoms with Gasteiger partial charge in [-0.25, -0.2) is 9.07 Å². The molecule has 25 heavy (non-hydrogen) atoms. The van der Waals surface area contributed by atoms with Crippen LogP contribution in [0.3, 0.4) is 0 Å². The van der Waals surface area contributed by atoms with Crippen molar-refractivity contribution in [3.63, 3.8) is 0 Å². The van der Waals surface area contributed by atoms with Gasteiger partial charge in [-0.2, -0.15) is 5.10 Å². The smallest absolute Gasteiger partial charge is 0.256 e. The van der Waals surface area contributed by atoms with Crippen LogP contribution in [0.2, 0.25) is 5.15 Å². The molecule has 6 heteroatoms. The number of aryl methyl sites for hydroxylation is 2. The molecule has 3 aromatic rings. The summed E-state index contributed by atoms with van der Waals surface area (Å²) in [6.07, 6.45) is 0. The van der Waals surface area contributed by atoms with E-state index in [1.807, 2.05) is 31.2 Å². The van der Waals surface area contributed by atoms with Crippen molar-refractivity contribution in [3.8, 4) is 5.69 Å². The van der Waals surface area contributed by atoms with E-state index in [2.05, 4.69) is 10.4 Å². The second-order valence-electron chi connectivity index (χ2n) is 5.81. The Morgan fingerprint density at radius 3 is 2.60 bits per heavy atom. The van der Waals surface area contributed by atoms with Gasteiger partial charge >= 0.3 is 0 Å². The number of carbonyl (C=O) groups excluding carboxylic acids is 1. The van der Waals surface area contributed by atoms with Crippen molar-refractivity contribution >= 4 is 17.5 Å². The van der Waals surface area contributed by atoms with Gasteiger partial charge < -0.3 is 5.32 Å². The standard InChI is InChI=1S/C19H17ClFN3O/c1-12-4-3-5-14(10-12)11-22-19(25)17-13(2)23-24(18(17)20)16-8-6-15(21)7-9-16/h3-10H,11H2,1-2H3,(H,22,25). The van der Waals surface area contributed by atoms with Crippen LogP contribution in [0.5, 0.6) is 0 Å². The molecule has 0 aliphatic carbocycles. The Kier molecular flexibility index (Phi) is 4.86. The minimum Gasteiger partial charge on any atom is -0.348 e. The highest BCUT2D eigenvalue weighted by Gasteiger charge is 2.21. The van der Waals surface area contributed by atoms with Crippen LogP contribution in [0.4, 0.5) is 4.39 Å². The zero-order chi connectivity index (χ0) is 18.0. The van der Waals surface area contributed by atoms with Crippen molar-refractivity contribution in [2.45, 2.75) is 20.4 Å². The van der Waals surface area contributed by atoms with E-state index < -0.39 is 0 Å². The molecule has 1 heterocycles. The number of carbonyl (C=O) groups is 1. The largest absolute Gasteiger partial charge is 0.348 e. The number of amides is 1. The van der Waals surface area contributed by atoms with Crippen LogP contribution < -0.4 is 5.32 Å². The fraction of sp³-hybridized carbons (Fsp3) is 0.158. The molecule has 1 amide bonds. The fourth-order valence-electron chi connectivity index (χ4n) is 2.60. The topological polar surface area (TPSA) is 46.9 Å². The predicted molar refractivity (Wildman–Crippen MR) is 95.6 cm³/mol. The van der Waals surface area contributed by atoms with Gasteiger partial charge in [0.2, 0.25) is 0 Å². The average molecular weight is 358 g/mol. The lowest BCUT2D eigenvalue weighted by Gasteiger charge is -2.06. The van der Waals surface area contributed by atoms with Crippen molar-refractivity contribution in [3.05, 3.63) is 81.9 Å². The first kappa shape index (κ1) is 17.2. The molecule has 0 spiro atoms. The minimum absolute atomic E-state index is 0.200. The number of halogens is 2. The van der Waals surface area contributed by atoms with Crippen LogP contribution in [0.15, 0.2) is 48.5 Å². The van der Waals surface area contributed by atoms with Crippen LogP contribution in [-0.4, -0.2) is 15.7 Å². The molecule has 0 bridgehead atoms. The monoisotopic (exact) mass is 357 g/mol. The van der Waals surface area contributed by atoms with E-state index in [-0.39, 0.29) is 16.9 Å². The van der Waals surface area contributed by atoms with Gasteiger partial charge in [0.15, 0.2) is 0 Å². The van der Waals surface area contributed by atoms with Crippen molar-refractivity contribution in [2.75, 3.05) is 0 Å². The highest BCUT2D eigenvalue weighted by molar-refractivity contribution is 6.33. The zero-order valence-electron chi connectivity index (χ0n) is 13.9. The number of benzene rings is 2. The molecule has 0 atom stereocenters. The molecule has 0 radical (unpaired) electrons. The normalized spacial score (nSPS) is 10.7. The van der Waals surface area contributed by atoms with Gasteiger partial charge in [-0.3, -0.25) is 4.79 Å². The van der Waals surface area contributed by atoms with Gasteiger partial charge in [0.25, 0.3) is 5.91 Å². The zero-order valence-corrected chi connectivity index (χ0v) is 14.6. The first-order valence-electron chi connectivity index (χ1n) is 7.80. The summed E-state index contributed by atoms with van der Waals surface area (Å²) in [7, 11) is 0. The van der Waals surface area contributed by atoms with Crippen LogP contribution in [0.1, 0.15) is 27.2 Å². The number of hydrogen-bond acceptors (Lipinski definition) is 2. The maximum absolute atomic E-state index is 13.1. The lowest BCUT2D eigenvalue weighted by Crippen LogP contribution is -2.23. The third-order valence-electron chi connectivity index (χ3n) is 3.84. The van der Waals surface area contributed by atoms with Gasteiger partial charge in [0.1, 0.15) is 11.0 Å². The van der Waals surface area contributed by atoms with Gasteiger partial charge in [0, 0.05) is 6.54 Å². The predicted octanol–water partition coefficient (Wildman–Crippen LogP) is 4.21. The fourth-order valence-corrected chi connectivity index (χ4v) is 2.96. The maximum Gasteiger partial charge on any atom is 0.256 e. The molecule has 1 N–H and O–H groups in total. The van der Waals surface area contributed by atoms with Gasteiger partial charge in [-0.05, 0) is 43.7 Å². The first-order valence-corrected chi connectivity index (χ1v) is 8.18. The Morgan fingerprint density at radius 1 is 1.20 bits per heavy atom. The van der Waals surface area contributed by atoms with E-state index in [9.17, 15) is 9.18 Å². The van der Waals surface area contributed by atoms with E-state index in [0.29, 0.717) is 23.5 Å². The summed E-state index contributed by atoms with van der Waals surface area (Å²) in [6.45, 7) is 4.12. The summed E-state index contributed by atoms with van der Waals surface area (Å²) in [6, 6.07) is 13.7. The van der Waals surface area contributed by atoms with Crippen molar-refractivity contribution < 1.29 is 9.18 Å². The molecule has 0 aliphatic rings. The number of aromatic nitrogens is 2. The lowest BCUT2D eigenvalue weighted by molar-refractivity contribution is 0.0950. The van der Waals surface area contributed by atoms with Crippen LogP contribution in [-0.2, 0) is 6.54 Å². The molecule has 0 unspecified atom stereocenters. The average Bonchev–Trinajstić information content (AvgIpc) is 2.88.